The van der Waals surface area contributed by atoms with Crippen LogP contribution >= 0.6 is 11.6 Å². The van der Waals surface area contributed by atoms with Gasteiger partial charge in [-0.15, -0.1) is 0 Å². The lowest BCUT2D eigenvalue weighted by molar-refractivity contribution is -0.141. The smallest absolute Gasteiger partial charge is 0.337 e. The number of hydrogen-bond acceptors (Lipinski definition) is 2. The molecular weight excluding hydrogens is 331 g/mol. The molecule has 1 aromatic rings. The lowest BCUT2D eigenvalue weighted by Gasteiger charge is -2.39. The lowest BCUT2D eigenvalue weighted by Crippen LogP contribution is -2.47. The molecule has 1 amide bonds. The molecule has 1 aliphatic rings. The number of amides is 1. The van der Waals surface area contributed by atoms with Crippen molar-refractivity contribution in [1.82, 2.24) is 14.7 Å². The molecule has 1 fully saturated rings. The van der Waals surface area contributed by atoms with Gasteiger partial charge in [-0.3, -0.25) is 9.48 Å². The van der Waals surface area contributed by atoms with Gasteiger partial charge >= 0.3 is 6.18 Å². The molecule has 2 rings (SSSR count). The second-order valence-electron chi connectivity index (χ2n) is 6.15. The topological polar surface area (TPSA) is 38.1 Å². The molecule has 130 valence electrons. The van der Waals surface area contributed by atoms with Crippen LogP contribution in [0.25, 0.3) is 0 Å². The SMILES string of the molecule is Cc1c(Cl)c(C(F)(F)F)nn1CCC(=O)N1C(C)CCCC1C. The third kappa shape index (κ3) is 3.82. The number of aromatic nitrogens is 2. The highest BCUT2D eigenvalue weighted by Crippen LogP contribution is 2.35. The van der Waals surface area contributed by atoms with Gasteiger partial charge in [0, 0.05) is 18.5 Å². The first kappa shape index (κ1) is 18.1. The number of hydrogen-bond donors (Lipinski definition) is 0. The fourth-order valence-corrected chi connectivity index (χ4v) is 3.41. The molecule has 0 radical (unpaired) electrons. The fourth-order valence-electron chi connectivity index (χ4n) is 3.17. The molecular formula is C15H21ClF3N3O. The third-order valence-corrected chi connectivity index (χ3v) is 4.87. The molecule has 0 N–H and O–H groups in total. The van der Waals surface area contributed by atoms with Crippen molar-refractivity contribution in [2.24, 2.45) is 0 Å². The first-order valence-corrected chi connectivity index (χ1v) is 8.12. The zero-order valence-electron chi connectivity index (χ0n) is 13.5. The van der Waals surface area contributed by atoms with Gasteiger partial charge in [0.2, 0.25) is 5.91 Å². The highest BCUT2D eigenvalue weighted by Gasteiger charge is 2.38. The average Bonchev–Trinajstić information content (AvgIpc) is 2.72. The van der Waals surface area contributed by atoms with E-state index in [-0.39, 0.29) is 36.7 Å². The van der Waals surface area contributed by atoms with E-state index in [4.69, 9.17) is 11.6 Å². The number of halogens is 4. The summed E-state index contributed by atoms with van der Waals surface area (Å²) in [5.74, 6) is -0.0516. The van der Waals surface area contributed by atoms with Gasteiger partial charge in [0.05, 0.1) is 17.3 Å². The van der Waals surface area contributed by atoms with Crippen LogP contribution in [0.15, 0.2) is 0 Å². The summed E-state index contributed by atoms with van der Waals surface area (Å²) >= 11 is 5.71. The maximum Gasteiger partial charge on any atom is 0.436 e. The van der Waals surface area contributed by atoms with Crippen LogP contribution in [0.4, 0.5) is 13.2 Å². The summed E-state index contributed by atoms with van der Waals surface area (Å²) < 4.78 is 39.6. The molecule has 2 atom stereocenters. The number of carbonyl (C=O) groups excluding carboxylic acids is 1. The highest BCUT2D eigenvalue weighted by atomic mass is 35.5. The van der Waals surface area contributed by atoms with Crippen LogP contribution in [0.1, 0.15) is 50.9 Å². The second-order valence-corrected chi connectivity index (χ2v) is 6.53. The van der Waals surface area contributed by atoms with Crippen LogP contribution in [0.2, 0.25) is 5.02 Å². The van der Waals surface area contributed by atoms with E-state index in [1.165, 1.54) is 11.6 Å². The van der Waals surface area contributed by atoms with Crippen molar-refractivity contribution in [2.45, 2.75) is 71.3 Å². The normalized spacial score (nSPS) is 22.5. The molecule has 2 heterocycles. The Bertz CT molecular complexity index is 575. The first-order valence-electron chi connectivity index (χ1n) is 7.74. The molecule has 2 unspecified atom stereocenters. The highest BCUT2D eigenvalue weighted by molar-refractivity contribution is 6.31. The molecule has 0 bridgehead atoms. The summed E-state index contributed by atoms with van der Waals surface area (Å²) in [6.45, 7) is 5.58. The van der Waals surface area contributed by atoms with Crippen LogP contribution in [0.5, 0.6) is 0 Å². The van der Waals surface area contributed by atoms with Gasteiger partial charge in [-0.05, 0) is 40.0 Å². The first-order chi connectivity index (χ1) is 10.6. The number of rotatable bonds is 3. The minimum Gasteiger partial charge on any atom is -0.337 e. The van der Waals surface area contributed by atoms with Crippen LogP contribution in [0.3, 0.4) is 0 Å². The summed E-state index contributed by atoms with van der Waals surface area (Å²) in [4.78, 5) is 14.3. The van der Waals surface area contributed by atoms with Gasteiger partial charge in [0.15, 0.2) is 5.69 Å². The molecule has 1 aliphatic heterocycles. The van der Waals surface area contributed by atoms with Gasteiger partial charge in [-0.25, -0.2) is 0 Å². The zero-order chi connectivity index (χ0) is 17.4. The van der Waals surface area contributed by atoms with E-state index in [0.29, 0.717) is 0 Å². The van der Waals surface area contributed by atoms with Gasteiger partial charge in [0.25, 0.3) is 0 Å². The molecule has 0 aromatic carbocycles. The Morgan fingerprint density at radius 1 is 1.30 bits per heavy atom. The van der Waals surface area contributed by atoms with Crippen molar-refractivity contribution in [2.75, 3.05) is 0 Å². The standard InChI is InChI=1S/C15H21ClF3N3O/c1-9-5-4-6-10(2)22(9)12(23)7-8-21-11(3)13(16)14(20-21)15(17,18)19/h9-10H,4-8H2,1-3H3. The van der Waals surface area contributed by atoms with Gasteiger partial charge in [-0.2, -0.15) is 18.3 Å². The molecule has 8 heteroatoms. The summed E-state index contributed by atoms with van der Waals surface area (Å²) in [6, 6.07) is 0.332. The summed E-state index contributed by atoms with van der Waals surface area (Å²) in [7, 11) is 0. The molecule has 0 aliphatic carbocycles. The Balaban J connectivity index is 2.07. The minimum atomic E-state index is -4.59. The van der Waals surface area contributed by atoms with E-state index in [9.17, 15) is 18.0 Å². The third-order valence-electron chi connectivity index (χ3n) is 4.42. The predicted octanol–water partition coefficient (Wildman–Crippen LogP) is 4.04. The number of piperidine rings is 1. The number of likely N-dealkylation sites (tertiary alicyclic amines) is 1. The Hall–Kier alpha value is -1.24. The van der Waals surface area contributed by atoms with Gasteiger partial charge in [-0.1, -0.05) is 11.6 Å². The van der Waals surface area contributed by atoms with Gasteiger partial charge < -0.3 is 4.90 Å². The van der Waals surface area contributed by atoms with Crippen molar-refractivity contribution in [3.8, 4) is 0 Å². The molecule has 1 aromatic heterocycles. The summed E-state index contributed by atoms with van der Waals surface area (Å²) in [6.07, 6.45) is -1.46. The molecule has 23 heavy (non-hydrogen) atoms. The zero-order valence-corrected chi connectivity index (χ0v) is 14.2. The largest absolute Gasteiger partial charge is 0.436 e. The number of aryl methyl sites for hydroxylation is 1. The Morgan fingerprint density at radius 3 is 2.35 bits per heavy atom. The van der Waals surface area contributed by atoms with E-state index < -0.39 is 16.9 Å². The molecule has 4 nitrogen and oxygen atoms in total. The number of alkyl halides is 3. The van der Waals surface area contributed by atoms with Crippen molar-refractivity contribution in [3.05, 3.63) is 16.4 Å². The van der Waals surface area contributed by atoms with E-state index in [1.807, 2.05) is 18.7 Å². The van der Waals surface area contributed by atoms with Crippen molar-refractivity contribution < 1.29 is 18.0 Å². The van der Waals surface area contributed by atoms with Crippen molar-refractivity contribution in [3.63, 3.8) is 0 Å². The Labute approximate surface area is 138 Å². The van der Waals surface area contributed by atoms with Crippen LogP contribution in [0, 0.1) is 6.92 Å². The maximum absolute atomic E-state index is 12.8. The Kier molecular flexibility index (Phi) is 5.28. The maximum atomic E-state index is 12.8. The summed E-state index contributed by atoms with van der Waals surface area (Å²) in [5, 5.41) is 3.13. The molecule has 0 spiro atoms. The minimum absolute atomic E-state index is 0.0516. The van der Waals surface area contributed by atoms with Gasteiger partial charge in [0.1, 0.15) is 0 Å². The number of carbonyl (C=O) groups is 1. The van der Waals surface area contributed by atoms with E-state index in [2.05, 4.69) is 5.10 Å². The van der Waals surface area contributed by atoms with E-state index in [0.717, 1.165) is 19.3 Å². The molecule has 0 saturated carbocycles. The monoisotopic (exact) mass is 351 g/mol. The number of nitrogens with zero attached hydrogens (tertiary/aromatic N) is 3. The fraction of sp³-hybridized carbons (Fsp3) is 0.733. The van der Waals surface area contributed by atoms with E-state index >= 15 is 0 Å². The van der Waals surface area contributed by atoms with Crippen LogP contribution in [-0.2, 0) is 17.5 Å². The quantitative estimate of drug-likeness (QED) is 0.824. The predicted molar refractivity (Wildman–Crippen MR) is 81.2 cm³/mol. The Morgan fingerprint density at radius 2 is 1.87 bits per heavy atom. The van der Waals surface area contributed by atoms with Crippen LogP contribution in [-0.4, -0.2) is 32.7 Å². The average molecular weight is 352 g/mol. The molecule has 1 saturated heterocycles. The lowest BCUT2D eigenvalue weighted by atomic mass is 9.97. The van der Waals surface area contributed by atoms with Crippen molar-refractivity contribution >= 4 is 17.5 Å². The summed E-state index contributed by atoms with van der Waals surface area (Å²) in [5.41, 5.74) is -0.865. The van der Waals surface area contributed by atoms with Crippen molar-refractivity contribution in [1.29, 1.82) is 0 Å². The van der Waals surface area contributed by atoms with Crippen LogP contribution < -0.4 is 0 Å². The van der Waals surface area contributed by atoms with E-state index in [1.54, 1.807) is 0 Å². The second kappa shape index (κ2) is 6.71.